The van der Waals surface area contributed by atoms with Crippen molar-refractivity contribution in [2.75, 3.05) is 5.32 Å². The molecule has 4 aromatic rings. The highest BCUT2D eigenvalue weighted by Gasteiger charge is 2.14. The van der Waals surface area contributed by atoms with E-state index in [-0.39, 0.29) is 16.6 Å². The van der Waals surface area contributed by atoms with Crippen LogP contribution >= 0.6 is 11.6 Å². The van der Waals surface area contributed by atoms with E-state index < -0.39 is 0 Å². The van der Waals surface area contributed by atoms with Gasteiger partial charge in [0.05, 0.1) is 17.6 Å². The van der Waals surface area contributed by atoms with Crippen LogP contribution in [0.4, 0.5) is 5.69 Å². The normalized spacial score (nSPS) is 12.1. The molecule has 4 nitrogen and oxygen atoms in total. The maximum absolute atomic E-state index is 12.6. The summed E-state index contributed by atoms with van der Waals surface area (Å²) in [5, 5.41) is 10.1. The summed E-state index contributed by atoms with van der Waals surface area (Å²) in [7, 11) is 0. The van der Waals surface area contributed by atoms with Crippen LogP contribution in [0.2, 0.25) is 5.02 Å². The van der Waals surface area contributed by atoms with E-state index in [1.807, 2.05) is 55.5 Å². The van der Waals surface area contributed by atoms with Gasteiger partial charge in [-0.1, -0.05) is 72.3 Å². The molecule has 1 atom stereocenters. The molecule has 0 amide bonds. The Morgan fingerprint density at radius 3 is 2.48 bits per heavy atom. The molecule has 0 spiro atoms. The predicted octanol–water partition coefficient (Wildman–Crippen LogP) is 5.21. The first-order chi connectivity index (χ1) is 13.1. The molecule has 0 unspecified atom stereocenters. The van der Waals surface area contributed by atoms with E-state index in [2.05, 4.69) is 34.7 Å². The third-order valence-corrected chi connectivity index (χ3v) is 4.95. The van der Waals surface area contributed by atoms with E-state index in [0.717, 1.165) is 5.56 Å². The Hall–Kier alpha value is -3.11. The lowest BCUT2D eigenvalue weighted by atomic mass is 9.99. The lowest BCUT2D eigenvalue weighted by Crippen LogP contribution is -2.23. The second-order valence-corrected chi connectivity index (χ2v) is 6.74. The van der Waals surface area contributed by atoms with Gasteiger partial charge in [0.1, 0.15) is 5.02 Å². The van der Waals surface area contributed by atoms with Crippen molar-refractivity contribution in [3.8, 4) is 5.69 Å². The standard InChI is InChI=1S/C22H18ClN3O/c1-15(18-13-7-9-16-8-5-6-12-19(16)18)25-20-14-24-26(22(27)21(20)23)17-10-3-2-4-11-17/h2-15,25H,1H3/t15-/m1/s1. The highest BCUT2D eigenvalue weighted by Crippen LogP contribution is 2.28. The van der Waals surface area contributed by atoms with Crippen LogP contribution in [0.25, 0.3) is 16.5 Å². The number of hydrogen-bond acceptors (Lipinski definition) is 3. The quantitative estimate of drug-likeness (QED) is 0.532. The summed E-state index contributed by atoms with van der Waals surface area (Å²) in [4.78, 5) is 12.6. The molecule has 0 radical (unpaired) electrons. The molecule has 1 N–H and O–H groups in total. The fraction of sp³-hybridized carbons (Fsp3) is 0.0909. The lowest BCUT2D eigenvalue weighted by molar-refractivity contribution is 0.800. The number of hydrogen-bond donors (Lipinski definition) is 1. The summed E-state index contributed by atoms with van der Waals surface area (Å²) >= 11 is 6.36. The highest BCUT2D eigenvalue weighted by atomic mass is 35.5. The average molecular weight is 376 g/mol. The fourth-order valence-electron chi connectivity index (χ4n) is 3.23. The molecule has 0 fully saturated rings. The Balaban J connectivity index is 1.68. The van der Waals surface area contributed by atoms with E-state index in [4.69, 9.17) is 11.6 Å². The van der Waals surface area contributed by atoms with Crippen molar-refractivity contribution in [1.29, 1.82) is 0 Å². The second-order valence-electron chi connectivity index (χ2n) is 6.36. The summed E-state index contributed by atoms with van der Waals surface area (Å²) in [6.45, 7) is 2.04. The highest BCUT2D eigenvalue weighted by molar-refractivity contribution is 6.33. The van der Waals surface area contributed by atoms with Gasteiger partial charge >= 0.3 is 0 Å². The molecule has 1 heterocycles. The largest absolute Gasteiger partial charge is 0.376 e. The van der Waals surface area contributed by atoms with E-state index in [1.165, 1.54) is 15.5 Å². The Morgan fingerprint density at radius 2 is 1.67 bits per heavy atom. The number of para-hydroxylation sites is 1. The summed E-state index contributed by atoms with van der Waals surface area (Å²) in [6, 6.07) is 23.6. The zero-order valence-electron chi connectivity index (χ0n) is 14.8. The van der Waals surface area contributed by atoms with Crippen molar-refractivity contribution in [2.45, 2.75) is 13.0 Å². The molecular formula is C22H18ClN3O. The second kappa shape index (κ2) is 7.25. The van der Waals surface area contributed by atoms with Gasteiger partial charge in [-0.3, -0.25) is 4.79 Å². The maximum Gasteiger partial charge on any atom is 0.292 e. The molecular weight excluding hydrogens is 358 g/mol. The number of rotatable bonds is 4. The maximum atomic E-state index is 12.6. The molecule has 0 saturated heterocycles. The van der Waals surface area contributed by atoms with Gasteiger partial charge < -0.3 is 5.32 Å². The summed E-state index contributed by atoms with van der Waals surface area (Å²) in [5.41, 5.74) is 1.99. The molecule has 0 aliphatic heterocycles. The third kappa shape index (κ3) is 3.32. The van der Waals surface area contributed by atoms with Crippen LogP contribution in [0.15, 0.2) is 83.8 Å². The fourth-order valence-corrected chi connectivity index (χ4v) is 3.41. The Morgan fingerprint density at radius 1 is 0.963 bits per heavy atom. The van der Waals surface area contributed by atoms with Crippen molar-refractivity contribution in [1.82, 2.24) is 9.78 Å². The summed E-state index contributed by atoms with van der Waals surface area (Å²) in [6.07, 6.45) is 1.60. The SMILES string of the molecule is C[C@@H](Nc1cnn(-c2ccccc2)c(=O)c1Cl)c1cccc2ccccc12. The predicted molar refractivity (Wildman–Crippen MR) is 111 cm³/mol. The number of nitrogens with zero attached hydrogens (tertiary/aromatic N) is 2. The van der Waals surface area contributed by atoms with Gasteiger partial charge in [0.25, 0.3) is 5.56 Å². The number of anilines is 1. The van der Waals surface area contributed by atoms with E-state index in [0.29, 0.717) is 11.4 Å². The number of fused-ring (bicyclic) bond motifs is 1. The van der Waals surface area contributed by atoms with Crippen LogP contribution in [0.1, 0.15) is 18.5 Å². The van der Waals surface area contributed by atoms with Crippen LogP contribution in [-0.4, -0.2) is 9.78 Å². The number of aromatic nitrogens is 2. The topological polar surface area (TPSA) is 46.9 Å². The van der Waals surface area contributed by atoms with Crippen molar-refractivity contribution in [3.05, 3.63) is 99.9 Å². The van der Waals surface area contributed by atoms with Gasteiger partial charge in [-0.2, -0.15) is 9.78 Å². The van der Waals surface area contributed by atoms with Gasteiger partial charge in [-0.05, 0) is 35.4 Å². The van der Waals surface area contributed by atoms with Crippen LogP contribution in [0, 0.1) is 0 Å². The first-order valence-electron chi connectivity index (χ1n) is 8.72. The van der Waals surface area contributed by atoms with E-state index in [1.54, 1.807) is 6.20 Å². The molecule has 0 bridgehead atoms. The Bertz CT molecular complexity index is 1150. The number of halogens is 1. The average Bonchev–Trinajstić information content (AvgIpc) is 2.71. The molecule has 0 aliphatic carbocycles. The third-order valence-electron chi connectivity index (χ3n) is 4.58. The van der Waals surface area contributed by atoms with Crippen molar-refractivity contribution < 1.29 is 0 Å². The van der Waals surface area contributed by atoms with Gasteiger partial charge in [-0.15, -0.1) is 0 Å². The van der Waals surface area contributed by atoms with Crippen molar-refractivity contribution in [3.63, 3.8) is 0 Å². The monoisotopic (exact) mass is 375 g/mol. The first-order valence-corrected chi connectivity index (χ1v) is 9.10. The van der Waals surface area contributed by atoms with Crippen molar-refractivity contribution >= 4 is 28.1 Å². The van der Waals surface area contributed by atoms with Gasteiger partial charge in [0.2, 0.25) is 0 Å². The van der Waals surface area contributed by atoms with Crippen LogP contribution in [-0.2, 0) is 0 Å². The summed E-state index contributed by atoms with van der Waals surface area (Å²) < 4.78 is 1.30. The molecule has 27 heavy (non-hydrogen) atoms. The molecule has 134 valence electrons. The summed E-state index contributed by atoms with van der Waals surface area (Å²) in [5.74, 6) is 0. The minimum Gasteiger partial charge on any atom is -0.376 e. The Labute approximate surface area is 162 Å². The number of benzene rings is 3. The van der Waals surface area contributed by atoms with E-state index >= 15 is 0 Å². The van der Waals surface area contributed by atoms with Gasteiger partial charge in [0, 0.05) is 6.04 Å². The molecule has 3 aromatic carbocycles. The van der Waals surface area contributed by atoms with Gasteiger partial charge in [-0.25, -0.2) is 0 Å². The van der Waals surface area contributed by atoms with Crippen molar-refractivity contribution in [2.24, 2.45) is 0 Å². The Kier molecular flexibility index (Phi) is 4.65. The molecule has 0 aliphatic rings. The molecule has 0 saturated carbocycles. The zero-order valence-corrected chi connectivity index (χ0v) is 15.5. The molecule has 4 rings (SSSR count). The van der Waals surface area contributed by atoms with Crippen LogP contribution in [0.5, 0.6) is 0 Å². The molecule has 1 aromatic heterocycles. The minimum atomic E-state index is -0.349. The van der Waals surface area contributed by atoms with Gasteiger partial charge in [0.15, 0.2) is 0 Å². The van der Waals surface area contributed by atoms with E-state index in [9.17, 15) is 4.79 Å². The van der Waals surface area contributed by atoms with Crippen LogP contribution in [0.3, 0.4) is 0 Å². The van der Waals surface area contributed by atoms with Crippen LogP contribution < -0.4 is 10.9 Å². The minimum absolute atomic E-state index is 0.0395. The zero-order chi connectivity index (χ0) is 18.8. The first kappa shape index (κ1) is 17.3. The lowest BCUT2D eigenvalue weighted by Gasteiger charge is -2.18. The number of nitrogens with one attached hydrogen (secondary N) is 1. The smallest absolute Gasteiger partial charge is 0.292 e. The molecule has 5 heteroatoms.